The third-order valence-electron chi connectivity index (χ3n) is 2.71. The first kappa shape index (κ1) is 12.4. The van der Waals surface area contributed by atoms with Crippen LogP contribution in [0.5, 0.6) is 0 Å². The maximum absolute atomic E-state index is 11.2. The molecule has 0 atom stereocenters. The topological polar surface area (TPSA) is 38.3 Å². The van der Waals surface area contributed by atoms with Gasteiger partial charge in [0.05, 0.1) is 13.0 Å². The van der Waals surface area contributed by atoms with E-state index in [0.717, 1.165) is 5.69 Å². The molecule has 2 aromatic carbocycles. The molecule has 0 spiro atoms. The Morgan fingerprint density at radius 1 is 1.17 bits per heavy atom. The van der Waals surface area contributed by atoms with E-state index in [4.69, 9.17) is 4.74 Å². The highest BCUT2D eigenvalue weighted by Crippen LogP contribution is 2.18. The quantitative estimate of drug-likeness (QED) is 0.819. The Morgan fingerprint density at radius 2 is 1.94 bits per heavy atom. The number of rotatable bonds is 5. The van der Waals surface area contributed by atoms with Crippen molar-refractivity contribution in [1.82, 2.24) is 0 Å². The largest absolute Gasteiger partial charge is 0.466 e. The molecule has 0 amide bonds. The molecule has 0 heterocycles. The van der Waals surface area contributed by atoms with Crippen molar-refractivity contribution in [1.29, 1.82) is 0 Å². The van der Waals surface area contributed by atoms with E-state index >= 15 is 0 Å². The van der Waals surface area contributed by atoms with Crippen LogP contribution in [-0.4, -0.2) is 19.1 Å². The number of ether oxygens (including phenoxy) is 1. The van der Waals surface area contributed by atoms with Crippen molar-refractivity contribution < 1.29 is 9.53 Å². The first-order valence-corrected chi connectivity index (χ1v) is 6.18. The summed E-state index contributed by atoms with van der Waals surface area (Å²) in [7, 11) is 0. The Balaban J connectivity index is 1.93. The summed E-state index contributed by atoms with van der Waals surface area (Å²) in [5.41, 5.74) is 1.03. The van der Waals surface area contributed by atoms with Gasteiger partial charge < -0.3 is 10.1 Å². The van der Waals surface area contributed by atoms with Gasteiger partial charge in [-0.25, -0.2) is 0 Å². The molecule has 94 valence electrons. The van der Waals surface area contributed by atoms with Gasteiger partial charge in [-0.1, -0.05) is 30.3 Å². The Labute approximate surface area is 107 Å². The summed E-state index contributed by atoms with van der Waals surface area (Å²) in [6.07, 6.45) is 0.390. The molecule has 0 radical (unpaired) electrons. The molecule has 1 N–H and O–H groups in total. The van der Waals surface area contributed by atoms with E-state index in [1.807, 2.05) is 25.1 Å². The molecule has 18 heavy (non-hydrogen) atoms. The van der Waals surface area contributed by atoms with Crippen molar-refractivity contribution in [3.8, 4) is 0 Å². The highest BCUT2D eigenvalue weighted by Gasteiger charge is 2.01. The number of esters is 1. The number of hydrogen-bond donors (Lipinski definition) is 1. The first-order valence-electron chi connectivity index (χ1n) is 6.18. The molecule has 0 unspecified atom stereocenters. The summed E-state index contributed by atoms with van der Waals surface area (Å²) in [4.78, 5) is 11.2. The second-order valence-corrected chi connectivity index (χ2v) is 4.04. The van der Waals surface area contributed by atoms with Gasteiger partial charge in [0.2, 0.25) is 0 Å². The maximum Gasteiger partial charge on any atom is 0.307 e. The van der Waals surface area contributed by atoms with E-state index in [9.17, 15) is 4.79 Å². The molecule has 0 aliphatic heterocycles. The maximum atomic E-state index is 11.2. The molecule has 0 saturated carbocycles. The minimum absolute atomic E-state index is 0.161. The lowest BCUT2D eigenvalue weighted by atomic mass is 10.1. The van der Waals surface area contributed by atoms with Gasteiger partial charge in [-0.05, 0) is 29.8 Å². The second kappa shape index (κ2) is 6.05. The van der Waals surface area contributed by atoms with Crippen molar-refractivity contribution in [3.63, 3.8) is 0 Å². The SMILES string of the molecule is CCOC(=O)CCNc1ccc2ccccc2c1. The molecular weight excluding hydrogens is 226 g/mol. The lowest BCUT2D eigenvalue weighted by Crippen LogP contribution is -2.11. The Morgan fingerprint density at radius 3 is 2.72 bits per heavy atom. The fraction of sp³-hybridized carbons (Fsp3) is 0.267. The van der Waals surface area contributed by atoms with Crippen molar-refractivity contribution >= 4 is 22.4 Å². The average molecular weight is 243 g/mol. The Bertz CT molecular complexity index is 537. The van der Waals surface area contributed by atoms with Crippen molar-refractivity contribution in [2.75, 3.05) is 18.5 Å². The molecular formula is C15H17NO2. The standard InChI is InChI=1S/C15H17NO2/c1-2-18-15(17)9-10-16-14-8-7-12-5-3-4-6-13(12)11-14/h3-8,11,16H,2,9-10H2,1H3. The van der Waals surface area contributed by atoms with E-state index in [1.54, 1.807) is 0 Å². The molecule has 0 aliphatic carbocycles. The normalized spacial score (nSPS) is 10.3. The number of hydrogen-bond acceptors (Lipinski definition) is 3. The van der Waals surface area contributed by atoms with Gasteiger partial charge in [-0.15, -0.1) is 0 Å². The number of carbonyl (C=O) groups excluding carboxylic acids is 1. The summed E-state index contributed by atoms with van der Waals surface area (Å²) in [5, 5.41) is 5.63. The zero-order valence-electron chi connectivity index (χ0n) is 10.5. The molecule has 0 bridgehead atoms. The summed E-state index contributed by atoms with van der Waals surface area (Å²) in [6, 6.07) is 14.4. The van der Waals surface area contributed by atoms with Crippen LogP contribution in [0.4, 0.5) is 5.69 Å². The Kier molecular flexibility index (Phi) is 4.18. The molecule has 0 saturated heterocycles. The van der Waals surface area contributed by atoms with Crippen LogP contribution < -0.4 is 5.32 Å². The number of anilines is 1. The summed E-state index contributed by atoms with van der Waals surface area (Å²) in [6.45, 7) is 2.85. The van der Waals surface area contributed by atoms with Crippen LogP contribution in [0.3, 0.4) is 0 Å². The van der Waals surface area contributed by atoms with Crippen LogP contribution in [0.15, 0.2) is 42.5 Å². The van der Waals surface area contributed by atoms with Crippen molar-refractivity contribution in [2.24, 2.45) is 0 Å². The van der Waals surface area contributed by atoms with Crippen LogP contribution in [0.2, 0.25) is 0 Å². The van der Waals surface area contributed by atoms with Gasteiger partial charge in [0.15, 0.2) is 0 Å². The lowest BCUT2D eigenvalue weighted by molar-refractivity contribution is -0.142. The predicted molar refractivity (Wildman–Crippen MR) is 73.7 cm³/mol. The average Bonchev–Trinajstić information content (AvgIpc) is 2.39. The molecule has 0 aliphatic rings. The van der Waals surface area contributed by atoms with E-state index in [0.29, 0.717) is 19.6 Å². The van der Waals surface area contributed by atoms with Crippen LogP contribution in [0.1, 0.15) is 13.3 Å². The summed E-state index contributed by atoms with van der Waals surface area (Å²) in [5.74, 6) is -0.161. The summed E-state index contributed by atoms with van der Waals surface area (Å²) >= 11 is 0. The fourth-order valence-corrected chi connectivity index (χ4v) is 1.84. The number of fused-ring (bicyclic) bond motifs is 1. The van der Waals surface area contributed by atoms with E-state index < -0.39 is 0 Å². The van der Waals surface area contributed by atoms with Crippen LogP contribution in [0, 0.1) is 0 Å². The van der Waals surface area contributed by atoms with Gasteiger partial charge in [0, 0.05) is 12.2 Å². The molecule has 2 aromatic rings. The van der Waals surface area contributed by atoms with Gasteiger partial charge in [-0.2, -0.15) is 0 Å². The number of carbonyl (C=O) groups is 1. The second-order valence-electron chi connectivity index (χ2n) is 4.04. The molecule has 0 fully saturated rings. The van der Waals surface area contributed by atoms with Gasteiger partial charge in [-0.3, -0.25) is 4.79 Å². The fourth-order valence-electron chi connectivity index (χ4n) is 1.84. The van der Waals surface area contributed by atoms with Crippen LogP contribution >= 0.6 is 0 Å². The third-order valence-corrected chi connectivity index (χ3v) is 2.71. The summed E-state index contributed by atoms with van der Waals surface area (Å²) < 4.78 is 4.87. The van der Waals surface area contributed by atoms with Gasteiger partial charge >= 0.3 is 5.97 Å². The smallest absolute Gasteiger partial charge is 0.307 e. The van der Waals surface area contributed by atoms with Gasteiger partial charge in [0.25, 0.3) is 0 Å². The Hall–Kier alpha value is -2.03. The predicted octanol–water partition coefficient (Wildman–Crippen LogP) is 3.20. The van der Waals surface area contributed by atoms with E-state index in [2.05, 4.69) is 29.6 Å². The highest BCUT2D eigenvalue weighted by molar-refractivity contribution is 5.85. The zero-order chi connectivity index (χ0) is 12.8. The first-order chi connectivity index (χ1) is 8.79. The number of benzene rings is 2. The lowest BCUT2D eigenvalue weighted by Gasteiger charge is -2.07. The molecule has 3 nitrogen and oxygen atoms in total. The van der Waals surface area contributed by atoms with E-state index in [-0.39, 0.29) is 5.97 Å². The third kappa shape index (κ3) is 3.23. The van der Waals surface area contributed by atoms with Crippen LogP contribution in [0.25, 0.3) is 10.8 Å². The minimum Gasteiger partial charge on any atom is -0.466 e. The van der Waals surface area contributed by atoms with Crippen LogP contribution in [-0.2, 0) is 9.53 Å². The number of nitrogens with one attached hydrogen (secondary N) is 1. The molecule has 0 aromatic heterocycles. The minimum atomic E-state index is -0.161. The monoisotopic (exact) mass is 243 g/mol. The van der Waals surface area contributed by atoms with Crippen molar-refractivity contribution in [3.05, 3.63) is 42.5 Å². The zero-order valence-corrected chi connectivity index (χ0v) is 10.5. The highest BCUT2D eigenvalue weighted by atomic mass is 16.5. The molecule has 3 heteroatoms. The van der Waals surface area contributed by atoms with Gasteiger partial charge in [0.1, 0.15) is 0 Å². The molecule has 2 rings (SSSR count). The van der Waals surface area contributed by atoms with Crippen molar-refractivity contribution in [2.45, 2.75) is 13.3 Å². The van der Waals surface area contributed by atoms with E-state index in [1.165, 1.54) is 10.8 Å².